The van der Waals surface area contributed by atoms with Crippen LogP contribution in [0.15, 0.2) is 0 Å². The second-order valence-corrected chi connectivity index (χ2v) is 10.0. The lowest BCUT2D eigenvalue weighted by molar-refractivity contribution is 0.407. The summed E-state index contributed by atoms with van der Waals surface area (Å²) < 4.78 is 0. The van der Waals surface area contributed by atoms with E-state index in [1.165, 1.54) is 141 Å². The molecule has 0 bridgehead atoms. The Kier molecular flexibility index (Phi) is 23.3. The van der Waals surface area contributed by atoms with Crippen molar-refractivity contribution in [3.05, 3.63) is 0 Å². The largest absolute Gasteiger partial charge is 0.0654 e. The summed E-state index contributed by atoms with van der Waals surface area (Å²) in [7, 11) is 0. The maximum absolute atomic E-state index is 2.49. The van der Waals surface area contributed by atoms with Crippen LogP contribution < -0.4 is 0 Å². The number of hydrogen-bond donors (Lipinski definition) is 0. The molecule has 0 saturated heterocycles. The predicted molar refractivity (Wildman–Crippen MR) is 131 cm³/mol. The van der Waals surface area contributed by atoms with Gasteiger partial charge < -0.3 is 0 Å². The normalized spacial score (nSPS) is 13.7. The van der Waals surface area contributed by atoms with Gasteiger partial charge >= 0.3 is 0 Å². The Morgan fingerprint density at radius 3 is 0.821 bits per heavy atom. The van der Waals surface area contributed by atoms with Crippen molar-refractivity contribution in [1.29, 1.82) is 0 Å². The van der Waals surface area contributed by atoms with Crippen LogP contribution in [0.1, 0.15) is 169 Å². The fourth-order valence-electron chi connectivity index (χ4n) is 4.53. The highest BCUT2D eigenvalue weighted by Crippen LogP contribution is 2.21. The van der Waals surface area contributed by atoms with Gasteiger partial charge in [-0.2, -0.15) is 0 Å². The van der Waals surface area contributed by atoms with Crippen molar-refractivity contribution in [1.82, 2.24) is 0 Å². The molecule has 0 N–H and O–H groups in total. The quantitative estimate of drug-likeness (QED) is 0.151. The topological polar surface area (TPSA) is 0 Å². The summed E-state index contributed by atoms with van der Waals surface area (Å²) in [4.78, 5) is 0. The second-order valence-electron chi connectivity index (χ2n) is 10.0. The summed E-state index contributed by atoms with van der Waals surface area (Å²) in [6.45, 7) is 9.58. The molecular formula is C28H58. The lowest BCUT2D eigenvalue weighted by Crippen LogP contribution is -1.97. The lowest BCUT2D eigenvalue weighted by atomic mass is 9.93. The molecule has 28 heavy (non-hydrogen) atoms. The van der Waals surface area contributed by atoms with Crippen LogP contribution in [-0.2, 0) is 0 Å². The standard InChI is InChI=1S/C28H58/c1-5-7-9-11-12-13-14-15-17-20-24-28(4)26-22-18-21-25-27(3)23-19-16-10-8-6-2/h27-28H,5-26H2,1-4H3. The van der Waals surface area contributed by atoms with Crippen molar-refractivity contribution in [2.45, 2.75) is 169 Å². The summed E-state index contributed by atoms with van der Waals surface area (Å²) in [6, 6.07) is 0. The average Bonchev–Trinajstić information content (AvgIpc) is 2.69. The van der Waals surface area contributed by atoms with Crippen LogP contribution >= 0.6 is 0 Å². The zero-order chi connectivity index (χ0) is 20.7. The van der Waals surface area contributed by atoms with E-state index in [9.17, 15) is 0 Å². The first-order valence-electron chi connectivity index (χ1n) is 13.7. The van der Waals surface area contributed by atoms with E-state index in [0.717, 1.165) is 11.8 Å². The molecule has 0 saturated carbocycles. The zero-order valence-electron chi connectivity index (χ0n) is 20.7. The van der Waals surface area contributed by atoms with Crippen LogP contribution in [-0.4, -0.2) is 0 Å². The minimum atomic E-state index is 0.963. The van der Waals surface area contributed by atoms with Crippen molar-refractivity contribution >= 4 is 0 Å². The maximum Gasteiger partial charge on any atom is -0.0443 e. The van der Waals surface area contributed by atoms with E-state index >= 15 is 0 Å². The minimum Gasteiger partial charge on any atom is -0.0654 e. The van der Waals surface area contributed by atoms with Crippen LogP contribution in [0.4, 0.5) is 0 Å². The molecule has 0 aliphatic heterocycles. The molecule has 0 aromatic rings. The van der Waals surface area contributed by atoms with Crippen LogP contribution in [0.25, 0.3) is 0 Å². The van der Waals surface area contributed by atoms with Gasteiger partial charge in [0.05, 0.1) is 0 Å². The highest BCUT2D eigenvalue weighted by Gasteiger charge is 2.04. The van der Waals surface area contributed by atoms with E-state index in [1.54, 1.807) is 0 Å². The van der Waals surface area contributed by atoms with Crippen LogP contribution in [0.5, 0.6) is 0 Å². The SMILES string of the molecule is CCCCCCCCCCCCC(C)CCCCCC(C)CCCCCCC. The molecule has 2 unspecified atom stereocenters. The van der Waals surface area contributed by atoms with Crippen LogP contribution in [0.3, 0.4) is 0 Å². The fraction of sp³-hybridized carbons (Fsp3) is 1.00. The minimum absolute atomic E-state index is 0.963. The number of unbranched alkanes of at least 4 members (excludes halogenated alkanes) is 15. The van der Waals surface area contributed by atoms with E-state index in [-0.39, 0.29) is 0 Å². The molecule has 170 valence electrons. The Balaban J connectivity index is 3.25. The molecule has 0 rings (SSSR count). The van der Waals surface area contributed by atoms with E-state index < -0.39 is 0 Å². The molecule has 0 aliphatic rings. The lowest BCUT2D eigenvalue weighted by Gasteiger charge is -2.13. The van der Waals surface area contributed by atoms with Gasteiger partial charge in [-0.1, -0.05) is 169 Å². The first-order valence-corrected chi connectivity index (χ1v) is 13.7. The average molecular weight is 395 g/mol. The Morgan fingerprint density at radius 1 is 0.321 bits per heavy atom. The Labute approximate surface area is 181 Å². The smallest absolute Gasteiger partial charge is 0.0443 e. The second kappa shape index (κ2) is 23.3. The van der Waals surface area contributed by atoms with Gasteiger partial charge in [0.1, 0.15) is 0 Å². The third-order valence-electron chi connectivity index (χ3n) is 6.74. The first-order chi connectivity index (χ1) is 13.7. The summed E-state index contributed by atoms with van der Waals surface area (Å²) in [5.41, 5.74) is 0. The van der Waals surface area contributed by atoms with Crippen molar-refractivity contribution in [2.75, 3.05) is 0 Å². The van der Waals surface area contributed by atoms with Gasteiger partial charge in [-0.3, -0.25) is 0 Å². The Morgan fingerprint density at radius 2 is 0.536 bits per heavy atom. The third-order valence-corrected chi connectivity index (χ3v) is 6.74. The Hall–Kier alpha value is 0. The number of hydrogen-bond acceptors (Lipinski definition) is 0. The van der Waals surface area contributed by atoms with E-state index in [1.807, 2.05) is 0 Å². The molecule has 0 nitrogen and oxygen atoms in total. The zero-order valence-corrected chi connectivity index (χ0v) is 20.7. The monoisotopic (exact) mass is 394 g/mol. The van der Waals surface area contributed by atoms with Crippen molar-refractivity contribution in [3.63, 3.8) is 0 Å². The van der Waals surface area contributed by atoms with Gasteiger partial charge in [-0.05, 0) is 11.8 Å². The highest BCUT2D eigenvalue weighted by molar-refractivity contribution is 4.58. The van der Waals surface area contributed by atoms with Crippen molar-refractivity contribution < 1.29 is 0 Å². The molecule has 0 amide bonds. The van der Waals surface area contributed by atoms with Crippen molar-refractivity contribution in [2.24, 2.45) is 11.8 Å². The van der Waals surface area contributed by atoms with Gasteiger partial charge in [0.15, 0.2) is 0 Å². The van der Waals surface area contributed by atoms with Crippen LogP contribution in [0, 0.1) is 11.8 Å². The third kappa shape index (κ3) is 22.3. The first kappa shape index (κ1) is 28.0. The predicted octanol–water partition coefficient (Wildman–Crippen LogP) is 10.9. The van der Waals surface area contributed by atoms with E-state index in [0.29, 0.717) is 0 Å². The highest BCUT2D eigenvalue weighted by atomic mass is 14.1. The van der Waals surface area contributed by atoms with Crippen molar-refractivity contribution in [3.8, 4) is 0 Å². The molecule has 0 aliphatic carbocycles. The number of rotatable bonds is 23. The summed E-state index contributed by atoms with van der Waals surface area (Å²) in [6.07, 6.45) is 32.2. The summed E-state index contributed by atoms with van der Waals surface area (Å²) in [5.74, 6) is 1.93. The molecule has 2 atom stereocenters. The molecule has 0 heteroatoms. The van der Waals surface area contributed by atoms with Gasteiger partial charge in [0.25, 0.3) is 0 Å². The molecule has 0 spiro atoms. The molecule has 0 radical (unpaired) electrons. The molecule has 0 fully saturated rings. The van der Waals surface area contributed by atoms with Crippen LogP contribution in [0.2, 0.25) is 0 Å². The Bertz CT molecular complexity index is 269. The van der Waals surface area contributed by atoms with Gasteiger partial charge in [-0.25, -0.2) is 0 Å². The van der Waals surface area contributed by atoms with E-state index in [2.05, 4.69) is 27.7 Å². The molecular weight excluding hydrogens is 336 g/mol. The van der Waals surface area contributed by atoms with Gasteiger partial charge in [-0.15, -0.1) is 0 Å². The summed E-state index contributed by atoms with van der Waals surface area (Å²) >= 11 is 0. The van der Waals surface area contributed by atoms with E-state index in [4.69, 9.17) is 0 Å². The van der Waals surface area contributed by atoms with Gasteiger partial charge in [0, 0.05) is 0 Å². The fourth-order valence-corrected chi connectivity index (χ4v) is 4.53. The van der Waals surface area contributed by atoms with Gasteiger partial charge in [0.2, 0.25) is 0 Å². The summed E-state index contributed by atoms with van der Waals surface area (Å²) in [5, 5.41) is 0. The molecule has 0 aromatic carbocycles. The molecule has 0 heterocycles. The maximum atomic E-state index is 2.49. The molecule has 0 aromatic heterocycles.